The van der Waals surface area contributed by atoms with Crippen LogP contribution in [0, 0.1) is 0 Å². The summed E-state index contributed by atoms with van der Waals surface area (Å²) in [4.78, 5) is 98.6. The van der Waals surface area contributed by atoms with E-state index in [1.165, 1.54) is 0 Å². The van der Waals surface area contributed by atoms with E-state index in [0.29, 0.717) is 13.1 Å². The Hall–Kier alpha value is -0.700. The molecule has 0 fully saturated rings. The molecule has 55 heavy (non-hydrogen) atoms. The molecule has 22 nitrogen and oxygen atoms in total. The fourth-order valence-corrected chi connectivity index (χ4v) is 8.62. The summed E-state index contributed by atoms with van der Waals surface area (Å²) in [5, 5.41) is 19.1. The lowest BCUT2D eigenvalue weighted by Crippen LogP contribution is -2.30. The molecule has 0 bridgehead atoms. The molecule has 2 amide bonds. The van der Waals surface area contributed by atoms with Crippen molar-refractivity contribution in [1.82, 2.24) is 41.7 Å². The highest BCUT2D eigenvalue weighted by atomic mass is 31.2. The summed E-state index contributed by atoms with van der Waals surface area (Å²) in [5.41, 5.74) is 0. The zero-order valence-corrected chi connectivity index (χ0v) is 35.4. The number of amides is 2. The first-order valence-corrected chi connectivity index (χ1v) is 25.8. The molecule has 0 aliphatic rings. The Kier molecular flexibility index (Phi) is 30.9. The van der Waals surface area contributed by atoms with E-state index in [0.717, 1.165) is 107 Å². The van der Waals surface area contributed by atoms with Gasteiger partial charge in [0.1, 0.15) is 25.1 Å². The maximum atomic E-state index is 12.0. The van der Waals surface area contributed by atoms with Crippen molar-refractivity contribution in [2.75, 3.05) is 104 Å². The number of hydrogen-bond acceptors (Lipinski definition) is 12. The van der Waals surface area contributed by atoms with Crippen LogP contribution in [-0.4, -0.2) is 164 Å². The lowest BCUT2D eigenvalue weighted by atomic mass is 10.2. The van der Waals surface area contributed by atoms with Gasteiger partial charge in [0.15, 0.2) is 0 Å². The molecule has 0 aliphatic carbocycles. The number of carbonyl (C=O) groups excluding carboxylic acids is 2. The van der Waals surface area contributed by atoms with E-state index in [-0.39, 0.29) is 50.6 Å². The van der Waals surface area contributed by atoms with Gasteiger partial charge in [-0.1, -0.05) is 6.42 Å². The fraction of sp³-hybridized carbons (Fsp3) is 0.931. The number of carbonyl (C=O) groups is 2. The van der Waals surface area contributed by atoms with Crippen molar-refractivity contribution in [3.8, 4) is 0 Å². The van der Waals surface area contributed by atoms with Gasteiger partial charge in [-0.2, -0.15) is 0 Å². The van der Waals surface area contributed by atoms with Crippen molar-refractivity contribution < 1.29 is 67.0 Å². The first-order valence-electron chi connectivity index (χ1n) is 18.6. The third-order valence-corrected chi connectivity index (χ3v) is 10.7. The summed E-state index contributed by atoms with van der Waals surface area (Å²) in [5.74, 6) is -0.461. The predicted molar refractivity (Wildman–Crippen MR) is 209 cm³/mol. The Morgan fingerprint density at radius 1 is 0.364 bits per heavy atom. The van der Waals surface area contributed by atoms with Crippen LogP contribution in [0.25, 0.3) is 0 Å². The monoisotopic (exact) mass is 876 g/mol. The van der Waals surface area contributed by atoms with Crippen LogP contribution in [0.2, 0.25) is 0 Å². The maximum Gasteiger partial charge on any atom is 0.339 e. The molecule has 0 radical (unpaired) electrons. The summed E-state index contributed by atoms with van der Waals surface area (Å²) < 4.78 is 44.7. The molecular formula is C29H68N8O14P4. The molecule has 0 saturated carbocycles. The van der Waals surface area contributed by atoms with E-state index in [4.69, 9.17) is 39.1 Å². The number of nitrogens with one attached hydrogen (secondary N) is 6. The average Bonchev–Trinajstić information content (AvgIpc) is 3.02. The Bertz CT molecular complexity index is 1080. The van der Waals surface area contributed by atoms with Crippen LogP contribution in [-0.2, 0) is 27.8 Å². The first-order chi connectivity index (χ1) is 25.7. The number of rotatable bonds is 38. The molecule has 328 valence electrons. The zero-order chi connectivity index (χ0) is 41.6. The van der Waals surface area contributed by atoms with Crippen LogP contribution in [0.1, 0.15) is 70.6 Å². The minimum absolute atomic E-state index is 0.0226. The molecule has 0 aliphatic heterocycles. The van der Waals surface area contributed by atoms with Crippen molar-refractivity contribution in [3.05, 3.63) is 0 Å². The quantitative estimate of drug-likeness (QED) is 0.0262. The summed E-state index contributed by atoms with van der Waals surface area (Å²) >= 11 is 0. The van der Waals surface area contributed by atoms with E-state index < -0.39 is 55.5 Å². The summed E-state index contributed by atoms with van der Waals surface area (Å²) in [6, 6.07) is 0. The molecule has 26 heteroatoms. The lowest BCUT2D eigenvalue weighted by molar-refractivity contribution is -0.122. The number of hydrogen-bond donors (Lipinski definition) is 14. The molecule has 0 unspecified atom stereocenters. The van der Waals surface area contributed by atoms with Gasteiger partial charge in [0.25, 0.3) is 0 Å². The van der Waals surface area contributed by atoms with Crippen molar-refractivity contribution in [2.24, 2.45) is 0 Å². The molecule has 0 aromatic carbocycles. The van der Waals surface area contributed by atoms with Crippen LogP contribution in [0.3, 0.4) is 0 Å². The highest BCUT2D eigenvalue weighted by molar-refractivity contribution is 7.53. The van der Waals surface area contributed by atoms with Crippen molar-refractivity contribution in [1.29, 1.82) is 0 Å². The third kappa shape index (κ3) is 42.7. The minimum Gasteiger partial charge on any atom is -0.356 e. The van der Waals surface area contributed by atoms with Gasteiger partial charge in [-0.25, -0.2) is 0 Å². The molecule has 0 heterocycles. The molecule has 0 atom stereocenters. The Balaban J connectivity index is 3.53. The largest absolute Gasteiger partial charge is 0.356 e. The average molecular weight is 877 g/mol. The smallest absolute Gasteiger partial charge is 0.339 e. The van der Waals surface area contributed by atoms with Gasteiger partial charge in [0.05, 0.1) is 0 Å². The van der Waals surface area contributed by atoms with E-state index >= 15 is 0 Å². The number of nitrogens with zero attached hydrogens (tertiary/aromatic N) is 2. The summed E-state index contributed by atoms with van der Waals surface area (Å²) in [7, 11) is -18.0. The summed E-state index contributed by atoms with van der Waals surface area (Å²) in [6.45, 7) is 7.85. The SMILES string of the molecule is O=C(CCCN(CP(=O)(O)O)CP(=O)(O)O)NCCCNCCCNCCCCCNCCCNCCCNC(=O)CCCN(CP(=O)(O)O)CP(=O)(O)O. The normalized spacial score (nSPS) is 12.8. The minimum atomic E-state index is -4.49. The van der Waals surface area contributed by atoms with Crippen LogP contribution in [0.4, 0.5) is 0 Å². The second kappa shape index (κ2) is 31.3. The molecule has 0 saturated heterocycles. The van der Waals surface area contributed by atoms with Crippen LogP contribution < -0.4 is 31.9 Å². The maximum absolute atomic E-state index is 12.0. The molecular weight excluding hydrogens is 808 g/mol. The van der Waals surface area contributed by atoms with Gasteiger partial charge >= 0.3 is 30.4 Å². The van der Waals surface area contributed by atoms with Gasteiger partial charge in [0.2, 0.25) is 11.8 Å². The third-order valence-electron chi connectivity index (χ3n) is 7.62. The van der Waals surface area contributed by atoms with Gasteiger partial charge in [-0.15, -0.1) is 0 Å². The van der Waals surface area contributed by atoms with Crippen LogP contribution in [0.5, 0.6) is 0 Å². The Labute approximate surface area is 324 Å². The van der Waals surface area contributed by atoms with Gasteiger partial charge in [0, 0.05) is 25.9 Å². The lowest BCUT2D eigenvalue weighted by Gasteiger charge is -2.22. The van der Waals surface area contributed by atoms with Crippen molar-refractivity contribution >= 4 is 42.2 Å². The van der Waals surface area contributed by atoms with Gasteiger partial charge in [-0.05, 0) is 117 Å². The van der Waals surface area contributed by atoms with E-state index in [9.17, 15) is 27.8 Å². The van der Waals surface area contributed by atoms with E-state index in [1.54, 1.807) is 0 Å². The molecule has 0 spiro atoms. The Morgan fingerprint density at radius 3 is 0.891 bits per heavy atom. The second-order valence-electron chi connectivity index (χ2n) is 13.4. The standard InChI is InChI=1S/C29H68N8O14P4/c38-28(10-4-22-36(24-52(40,41)42)25-53(43,44)45)34-20-8-18-32-16-6-14-30-12-2-1-3-13-31-15-7-17-33-19-9-21-35-29(39)11-5-23-37(26-54(46,47)48)27-55(49,50)51/h30-33H,1-27H2,(H,34,38)(H,35,39)(H2,40,41,42)(H2,43,44,45)(H2,46,47,48)(H2,49,50,51). The van der Waals surface area contributed by atoms with Crippen molar-refractivity contribution in [3.63, 3.8) is 0 Å². The molecule has 0 aromatic heterocycles. The summed E-state index contributed by atoms with van der Waals surface area (Å²) in [6.07, 6.45) is 4.23. The van der Waals surface area contributed by atoms with E-state index in [2.05, 4.69) is 31.9 Å². The van der Waals surface area contributed by atoms with Crippen LogP contribution >= 0.6 is 30.4 Å². The Morgan fingerprint density at radius 2 is 0.618 bits per heavy atom. The zero-order valence-electron chi connectivity index (χ0n) is 31.8. The predicted octanol–water partition coefficient (Wildman–Crippen LogP) is -0.987. The molecule has 0 rings (SSSR count). The van der Waals surface area contributed by atoms with Gasteiger partial charge in [-0.3, -0.25) is 37.6 Å². The highest BCUT2D eigenvalue weighted by Crippen LogP contribution is 2.41. The van der Waals surface area contributed by atoms with Crippen molar-refractivity contribution in [2.45, 2.75) is 70.6 Å². The first kappa shape index (κ1) is 54.3. The van der Waals surface area contributed by atoms with E-state index in [1.807, 2.05) is 0 Å². The van der Waals surface area contributed by atoms with Gasteiger partial charge < -0.3 is 71.0 Å². The highest BCUT2D eigenvalue weighted by Gasteiger charge is 2.26. The van der Waals surface area contributed by atoms with Crippen LogP contribution in [0.15, 0.2) is 0 Å². The second-order valence-corrected chi connectivity index (χ2v) is 19.8. The topological polar surface area (TPSA) is 343 Å². The number of unbranched alkanes of at least 4 members (excludes halogenated alkanes) is 2. The molecule has 14 N–H and O–H groups in total. The molecule has 0 aromatic rings. The fourth-order valence-electron chi connectivity index (χ4n) is 5.25.